The zero-order valence-corrected chi connectivity index (χ0v) is 15.0. The van der Waals surface area contributed by atoms with Gasteiger partial charge in [-0.2, -0.15) is 0 Å². The summed E-state index contributed by atoms with van der Waals surface area (Å²) in [5.41, 5.74) is 3.02. The van der Waals surface area contributed by atoms with Gasteiger partial charge in [-0.25, -0.2) is 4.79 Å². The molecule has 1 amide bonds. The van der Waals surface area contributed by atoms with Gasteiger partial charge >= 0.3 is 6.09 Å². The fourth-order valence-corrected chi connectivity index (χ4v) is 4.08. The van der Waals surface area contributed by atoms with Crippen molar-refractivity contribution in [2.45, 2.75) is 6.42 Å². The summed E-state index contributed by atoms with van der Waals surface area (Å²) in [5.74, 6) is 0.141. The SMILES string of the molecule is O=C(O)NCCc1ccc(-c2c(O)ccc3[nH]c(=O)c4sccc4c23)cc1. The van der Waals surface area contributed by atoms with Crippen molar-refractivity contribution >= 4 is 38.4 Å². The molecule has 2 heterocycles. The van der Waals surface area contributed by atoms with Crippen LogP contribution in [0.25, 0.3) is 32.1 Å². The number of thiophene rings is 1. The Labute approximate surface area is 157 Å². The highest BCUT2D eigenvalue weighted by Crippen LogP contribution is 2.39. The highest BCUT2D eigenvalue weighted by molar-refractivity contribution is 7.17. The third-order valence-electron chi connectivity index (χ3n) is 4.50. The molecule has 0 aliphatic rings. The number of phenolic OH excluding ortho intramolecular Hbond substituents is 1. The van der Waals surface area contributed by atoms with Crippen LogP contribution >= 0.6 is 11.3 Å². The number of amides is 1. The molecule has 7 heteroatoms. The molecule has 4 aromatic rings. The van der Waals surface area contributed by atoms with Crippen LogP contribution in [0.1, 0.15) is 5.56 Å². The summed E-state index contributed by atoms with van der Waals surface area (Å²) < 4.78 is 0.630. The van der Waals surface area contributed by atoms with Crippen LogP contribution in [0.3, 0.4) is 0 Å². The Bertz CT molecular complexity index is 1210. The van der Waals surface area contributed by atoms with E-state index in [-0.39, 0.29) is 11.3 Å². The second-order valence-corrected chi connectivity index (χ2v) is 7.09. The van der Waals surface area contributed by atoms with E-state index in [1.54, 1.807) is 12.1 Å². The first kappa shape index (κ1) is 17.1. The van der Waals surface area contributed by atoms with Crippen LogP contribution in [0.15, 0.2) is 52.6 Å². The Morgan fingerprint density at radius 2 is 1.89 bits per heavy atom. The predicted octanol–water partition coefficient (Wildman–Crippen LogP) is 3.93. The fourth-order valence-electron chi connectivity index (χ4n) is 3.28. The summed E-state index contributed by atoms with van der Waals surface area (Å²) in [6.45, 7) is 0.338. The number of phenols is 1. The van der Waals surface area contributed by atoms with Gasteiger partial charge < -0.3 is 20.5 Å². The molecule has 0 radical (unpaired) electrons. The van der Waals surface area contributed by atoms with Crippen molar-refractivity contribution in [2.24, 2.45) is 0 Å². The molecule has 4 rings (SSSR count). The smallest absolute Gasteiger partial charge is 0.404 e. The molecule has 0 spiro atoms. The molecule has 0 aliphatic carbocycles. The molecular formula is C20H16N2O4S. The van der Waals surface area contributed by atoms with Gasteiger partial charge in [-0.3, -0.25) is 4.79 Å². The quantitative estimate of drug-likeness (QED) is 0.431. The summed E-state index contributed by atoms with van der Waals surface area (Å²) in [7, 11) is 0. The lowest BCUT2D eigenvalue weighted by Crippen LogP contribution is -2.23. The molecule has 0 fully saturated rings. The lowest BCUT2D eigenvalue weighted by atomic mass is 9.96. The summed E-state index contributed by atoms with van der Waals surface area (Å²) in [4.78, 5) is 25.6. The molecular weight excluding hydrogens is 364 g/mol. The number of carbonyl (C=O) groups is 1. The Kier molecular flexibility index (Phi) is 4.29. The number of rotatable bonds is 4. The van der Waals surface area contributed by atoms with Gasteiger partial charge in [-0.05, 0) is 41.1 Å². The maximum Gasteiger partial charge on any atom is 0.404 e. The van der Waals surface area contributed by atoms with Gasteiger partial charge in [0, 0.05) is 28.4 Å². The summed E-state index contributed by atoms with van der Waals surface area (Å²) in [6.07, 6.45) is -0.461. The molecule has 0 saturated carbocycles. The second kappa shape index (κ2) is 6.77. The van der Waals surface area contributed by atoms with Crippen LogP contribution < -0.4 is 10.9 Å². The van der Waals surface area contributed by atoms with Gasteiger partial charge in [0.15, 0.2) is 0 Å². The monoisotopic (exact) mass is 380 g/mol. The summed E-state index contributed by atoms with van der Waals surface area (Å²) in [6, 6.07) is 12.8. The van der Waals surface area contributed by atoms with E-state index in [1.807, 2.05) is 35.7 Å². The van der Waals surface area contributed by atoms with Crippen LogP contribution in [0, 0.1) is 0 Å². The molecule has 0 unspecified atom stereocenters. The topological polar surface area (TPSA) is 102 Å². The van der Waals surface area contributed by atoms with E-state index in [0.29, 0.717) is 28.7 Å². The van der Waals surface area contributed by atoms with E-state index in [1.165, 1.54) is 11.3 Å². The fraction of sp³-hybridized carbons (Fsp3) is 0.100. The van der Waals surface area contributed by atoms with Crippen LogP contribution in [-0.4, -0.2) is 27.8 Å². The Morgan fingerprint density at radius 3 is 2.63 bits per heavy atom. The van der Waals surface area contributed by atoms with E-state index >= 15 is 0 Å². The van der Waals surface area contributed by atoms with Crippen molar-refractivity contribution in [2.75, 3.05) is 6.54 Å². The number of aromatic hydroxyl groups is 1. The number of hydrogen-bond acceptors (Lipinski definition) is 4. The van der Waals surface area contributed by atoms with Gasteiger partial charge in [-0.1, -0.05) is 24.3 Å². The molecule has 4 N–H and O–H groups in total. The van der Waals surface area contributed by atoms with Crippen molar-refractivity contribution in [1.29, 1.82) is 0 Å². The number of aromatic amines is 1. The lowest BCUT2D eigenvalue weighted by molar-refractivity contribution is 0.194. The Morgan fingerprint density at radius 1 is 1.11 bits per heavy atom. The molecule has 0 atom stereocenters. The molecule has 0 aliphatic heterocycles. The average molecular weight is 380 g/mol. The summed E-state index contributed by atoms with van der Waals surface area (Å²) >= 11 is 1.37. The lowest BCUT2D eigenvalue weighted by Gasteiger charge is -2.11. The van der Waals surface area contributed by atoms with Crippen LogP contribution in [0.5, 0.6) is 5.75 Å². The minimum absolute atomic E-state index is 0.134. The first-order valence-electron chi connectivity index (χ1n) is 8.36. The first-order valence-corrected chi connectivity index (χ1v) is 9.24. The minimum Gasteiger partial charge on any atom is -0.507 e. The molecule has 2 aromatic carbocycles. The highest BCUT2D eigenvalue weighted by Gasteiger charge is 2.15. The zero-order valence-electron chi connectivity index (χ0n) is 14.2. The molecule has 2 aromatic heterocycles. The molecule has 0 saturated heterocycles. The molecule has 136 valence electrons. The number of pyridine rings is 1. The largest absolute Gasteiger partial charge is 0.507 e. The number of benzene rings is 2. The molecule has 6 nitrogen and oxygen atoms in total. The van der Waals surface area contributed by atoms with Crippen LogP contribution in [0.4, 0.5) is 4.79 Å². The van der Waals surface area contributed by atoms with E-state index in [9.17, 15) is 14.7 Å². The van der Waals surface area contributed by atoms with Gasteiger partial charge in [0.05, 0.1) is 0 Å². The number of nitrogens with one attached hydrogen (secondary N) is 2. The highest BCUT2D eigenvalue weighted by atomic mass is 32.1. The van der Waals surface area contributed by atoms with Gasteiger partial charge in [0.1, 0.15) is 10.4 Å². The Balaban J connectivity index is 1.81. The summed E-state index contributed by atoms with van der Waals surface area (Å²) in [5, 5.41) is 25.0. The number of fused-ring (bicyclic) bond motifs is 3. The predicted molar refractivity (Wildman–Crippen MR) is 107 cm³/mol. The zero-order chi connectivity index (χ0) is 19.0. The minimum atomic E-state index is -1.04. The normalized spacial score (nSPS) is 11.1. The maximum atomic E-state index is 12.2. The van der Waals surface area contributed by atoms with Crippen molar-refractivity contribution in [1.82, 2.24) is 10.3 Å². The van der Waals surface area contributed by atoms with E-state index in [0.717, 1.165) is 21.9 Å². The van der Waals surface area contributed by atoms with Gasteiger partial charge in [0.25, 0.3) is 5.56 Å². The van der Waals surface area contributed by atoms with E-state index in [4.69, 9.17) is 5.11 Å². The molecule has 27 heavy (non-hydrogen) atoms. The van der Waals surface area contributed by atoms with Crippen molar-refractivity contribution in [3.63, 3.8) is 0 Å². The third-order valence-corrected chi connectivity index (χ3v) is 5.42. The van der Waals surface area contributed by atoms with Crippen molar-refractivity contribution in [3.05, 3.63) is 63.8 Å². The second-order valence-electron chi connectivity index (χ2n) is 6.18. The Hall–Kier alpha value is -3.32. The van der Waals surface area contributed by atoms with Gasteiger partial charge in [0.2, 0.25) is 0 Å². The van der Waals surface area contributed by atoms with Crippen molar-refractivity contribution in [3.8, 4) is 16.9 Å². The van der Waals surface area contributed by atoms with Crippen molar-refractivity contribution < 1.29 is 15.0 Å². The standard InChI is InChI=1S/C20H16N2O4S/c23-15-6-5-14-17(13-8-10-27-18(13)19(24)22-14)16(15)12-3-1-11(2-4-12)7-9-21-20(25)26/h1-6,8,10,21,23H,7,9H2,(H,22,24)(H,25,26). The third kappa shape index (κ3) is 3.13. The number of aromatic nitrogens is 1. The van der Waals surface area contributed by atoms with E-state index < -0.39 is 6.09 Å². The van der Waals surface area contributed by atoms with Crippen LogP contribution in [-0.2, 0) is 6.42 Å². The van der Waals surface area contributed by atoms with Crippen LogP contribution in [0.2, 0.25) is 0 Å². The number of carboxylic acid groups (broad SMARTS) is 1. The number of hydrogen-bond donors (Lipinski definition) is 4. The maximum absolute atomic E-state index is 12.2. The van der Waals surface area contributed by atoms with Gasteiger partial charge in [-0.15, -0.1) is 11.3 Å². The first-order chi connectivity index (χ1) is 13.0. The number of H-pyrrole nitrogens is 1. The van der Waals surface area contributed by atoms with E-state index in [2.05, 4.69) is 10.3 Å². The molecule has 0 bridgehead atoms. The average Bonchev–Trinajstić information content (AvgIpc) is 3.13.